The predicted molar refractivity (Wildman–Crippen MR) is 262 cm³/mol. The number of rotatable bonds is 19. The summed E-state index contributed by atoms with van der Waals surface area (Å²) < 4.78 is 9.40. The van der Waals surface area contributed by atoms with Crippen LogP contribution in [0.5, 0.6) is 0 Å². The van der Waals surface area contributed by atoms with Crippen LogP contribution in [0.3, 0.4) is 0 Å². The summed E-state index contributed by atoms with van der Waals surface area (Å²) in [6.45, 7) is 2.26. The average molecular weight is 857 g/mol. The van der Waals surface area contributed by atoms with Crippen LogP contribution in [0.2, 0.25) is 0 Å². The highest BCUT2D eigenvalue weighted by Gasteiger charge is 2.39. The third kappa shape index (κ3) is 10.8. The van der Waals surface area contributed by atoms with Crippen molar-refractivity contribution in [1.82, 2.24) is 19.1 Å². The maximum absolute atomic E-state index is 11.5. The second kappa shape index (κ2) is 23.2. The van der Waals surface area contributed by atoms with Gasteiger partial charge >= 0.3 is 5.97 Å². The van der Waals surface area contributed by atoms with E-state index >= 15 is 0 Å². The number of carbonyl (C=O) groups excluding carboxylic acids is 2. The molecule has 0 saturated carbocycles. The van der Waals surface area contributed by atoms with Gasteiger partial charge in [0, 0.05) is 25.2 Å². The van der Waals surface area contributed by atoms with Crippen LogP contribution < -0.4 is 0 Å². The third-order valence-corrected chi connectivity index (χ3v) is 11.5. The fraction of sp³-hybridized carbons (Fsp3) is 0.172. The van der Waals surface area contributed by atoms with Crippen LogP contribution in [0.1, 0.15) is 90.2 Å². The number of imidazole rings is 2. The summed E-state index contributed by atoms with van der Waals surface area (Å²) >= 11 is 0. The summed E-state index contributed by atoms with van der Waals surface area (Å²) in [4.78, 5) is 31.4. The van der Waals surface area contributed by atoms with Crippen molar-refractivity contribution in [3.05, 3.63) is 264 Å². The van der Waals surface area contributed by atoms with Crippen LogP contribution in [-0.2, 0) is 25.4 Å². The zero-order valence-corrected chi connectivity index (χ0v) is 37.0. The lowest BCUT2D eigenvalue weighted by Crippen LogP contribution is -2.36. The summed E-state index contributed by atoms with van der Waals surface area (Å²) in [5.74, 6) is -0.140. The van der Waals surface area contributed by atoms with E-state index in [0.717, 1.165) is 60.0 Å². The van der Waals surface area contributed by atoms with Crippen molar-refractivity contribution in [1.29, 1.82) is 0 Å². The molecule has 0 aliphatic rings. The summed E-state index contributed by atoms with van der Waals surface area (Å²) in [5.41, 5.74) is 7.68. The van der Waals surface area contributed by atoms with Gasteiger partial charge in [-0.25, -0.2) is 9.97 Å². The first kappa shape index (κ1) is 45.4. The molecule has 0 radical (unpaired) electrons. The molecular weight excluding hydrogens is 801 g/mol. The van der Waals surface area contributed by atoms with Gasteiger partial charge in [0.15, 0.2) is 0 Å². The fourth-order valence-corrected chi connectivity index (χ4v) is 8.51. The Labute approximate surface area is 383 Å². The smallest absolute Gasteiger partial charge is 0.305 e. The average Bonchev–Trinajstić information content (AvgIpc) is 4.05. The molecule has 6 aromatic carbocycles. The third-order valence-electron chi connectivity index (χ3n) is 11.5. The summed E-state index contributed by atoms with van der Waals surface area (Å²) in [6, 6.07) is 63.3. The van der Waals surface area contributed by atoms with E-state index in [1.165, 1.54) is 16.7 Å². The molecular formula is C58H56N4O3. The van der Waals surface area contributed by atoms with Crippen molar-refractivity contribution in [2.75, 3.05) is 6.61 Å². The number of benzene rings is 6. The monoisotopic (exact) mass is 856 g/mol. The van der Waals surface area contributed by atoms with E-state index in [4.69, 9.17) is 9.72 Å². The van der Waals surface area contributed by atoms with Gasteiger partial charge < -0.3 is 18.7 Å². The van der Waals surface area contributed by atoms with Gasteiger partial charge in [-0.15, -0.1) is 0 Å². The van der Waals surface area contributed by atoms with E-state index in [1.54, 1.807) is 0 Å². The zero-order valence-electron chi connectivity index (χ0n) is 37.0. The Morgan fingerprint density at radius 3 is 1.12 bits per heavy atom. The SMILES string of the molecule is CCOC(=O)CCC/C=C\c1cn(C(c2ccccc2)(c2ccccc2)c2ccccc2)cn1.O=CCCC/C=C\c1cn(C(c2ccccc2)(c2ccccc2)c2ccccc2)cn1. The Morgan fingerprint density at radius 1 is 0.492 bits per heavy atom. The van der Waals surface area contributed by atoms with Gasteiger partial charge in [0.1, 0.15) is 17.4 Å². The van der Waals surface area contributed by atoms with Crippen molar-refractivity contribution in [2.24, 2.45) is 0 Å². The lowest BCUT2D eigenvalue weighted by atomic mass is 9.77. The minimum absolute atomic E-state index is 0.140. The minimum Gasteiger partial charge on any atom is -0.466 e. The number of esters is 1. The number of hydrogen-bond donors (Lipinski definition) is 0. The van der Waals surface area contributed by atoms with Crippen molar-refractivity contribution < 1.29 is 14.3 Å². The van der Waals surface area contributed by atoms with Gasteiger partial charge in [-0.3, -0.25) is 4.79 Å². The van der Waals surface area contributed by atoms with E-state index in [1.807, 2.05) is 68.1 Å². The highest BCUT2D eigenvalue weighted by atomic mass is 16.5. The van der Waals surface area contributed by atoms with Gasteiger partial charge in [-0.2, -0.15) is 0 Å². The van der Waals surface area contributed by atoms with E-state index in [2.05, 4.69) is 184 Å². The highest BCUT2D eigenvalue weighted by molar-refractivity contribution is 5.69. The van der Waals surface area contributed by atoms with Crippen molar-refractivity contribution in [3.63, 3.8) is 0 Å². The summed E-state index contributed by atoms with van der Waals surface area (Å²) in [7, 11) is 0. The van der Waals surface area contributed by atoms with Crippen LogP contribution >= 0.6 is 0 Å². The molecule has 7 nitrogen and oxygen atoms in total. The van der Waals surface area contributed by atoms with Crippen LogP contribution in [-0.4, -0.2) is 38.0 Å². The molecule has 0 bridgehead atoms. The fourth-order valence-electron chi connectivity index (χ4n) is 8.51. The maximum Gasteiger partial charge on any atom is 0.305 e. The molecule has 7 heteroatoms. The number of aromatic nitrogens is 4. The molecule has 0 saturated heterocycles. The number of carbonyl (C=O) groups is 2. The van der Waals surface area contributed by atoms with Crippen LogP contribution in [0.4, 0.5) is 0 Å². The summed E-state index contributed by atoms with van der Waals surface area (Å²) in [5, 5.41) is 0. The molecule has 8 rings (SSSR count). The van der Waals surface area contributed by atoms with E-state index in [-0.39, 0.29) is 5.97 Å². The lowest BCUT2D eigenvalue weighted by Gasteiger charge is -2.37. The quantitative estimate of drug-likeness (QED) is 0.0350. The normalized spacial score (nSPS) is 11.6. The molecule has 0 fully saturated rings. The molecule has 326 valence electrons. The second-order valence-electron chi connectivity index (χ2n) is 15.6. The van der Waals surface area contributed by atoms with E-state index in [0.29, 0.717) is 19.4 Å². The molecule has 0 aliphatic heterocycles. The number of aldehydes is 1. The molecule has 0 atom stereocenters. The Kier molecular flexibility index (Phi) is 16.2. The Hall–Kier alpha value is -7.64. The van der Waals surface area contributed by atoms with Crippen LogP contribution in [0.25, 0.3) is 12.2 Å². The first-order valence-corrected chi connectivity index (χ1v) is 22.4. The van der Waals surface area contributed by atoms with Crippen LogP contribution in [0, 0.1) is 0 Å². The molecule has 2 aromatic heterocycles. The van der Waals surface area contributed by atoms with Gasteiger partial charge in [0.05, 0.1) is 30.6 Å². The molecule has 8 aromatic rings. The molecule has 0 N–H and O–H groups in total. The number of ether oxygens (including phenoxy) is 1. The van der Waals surface area contributed by atoms with Gasteiger partial charge in [-0.1, -0.05) is 194 Å². The second-order valence-corrected chi connectivity index (χ2v) is 15.6. The van der Waals surface area contributed by atoms with Crippen LogP contribution in [0.15, 0.2) is 219 Å². The number of allylic oxidation sites excluding steroid dienone is 2. The number of unbranched alkanes of at least 4 members (excludes halogenated alkanes) is 3. The van der Waals surface area contributed by atoms with Crippen molar-refractivity contribution >= 4 is 24.4 Å². The minimum atomic E-state index is -0.563. The summed E-state index contributed by atoms with van der Waals surface area (Å²) in [6.07, 6.45) is 21.5. The number of nitrogens with zero attached hydrogens (tertiary/aromatic N) is 4. The molecule has 0 amide bonds. The Bertz CT molecular complexity index is 2500. The van der Waals surface area contributed by atoms with Gasteiger partial charge in [0.2, 0.25) is 0 Å². The van der Waals surface area contributed by atoms with Crippen molar-refractivity contribution in [2.45, 2.75) is 56.5 Å². The Morgan fingerprint density at radius 2 is 0.815 bits per heavy atom. The van der Waals surface area contributed by atoms with E-state index in [9.17, 15) is 9.59 Å². The van der Waals surface area contributed by atoms with E-state index < -0.39 is 11.1 Å². The maximum atomic E-state index is 11.5. The first-order chi connectivity index (χ1) is 32.1. The standard InChI is InChI=1S/C30H30N2O2.C28H26N2O/c1-2-34-29(33)22-14-6-13-21-28-23-32(24-31-28)30(25-15-7-3-8-16-25,26-17-9-4-10-18-26)27-19-11-5-12-20-27;31-21-13-2-1-12-20-27-22-30(23-29-27)28(24-14-6-3-7-15-24,25-16-8-4-9-17-25)26-18-10-5-11-19-26/h3-5,7-13,15-21,23-24H,2,6,14,22H2,1H3;3-12,14-23H,1-2,13H2/b21-13-;20-12-. The molecule has 0 unspecified atom stereocenters. The predicted octanol–water partition coefficient (Wildman–Crippen LogP) is 12.6. The molecule has 2 heterocycles. The Balaban J connectivity index is 0.000000195. The molecule has 65 heavy (non-hydrogen) atoms. The highest BCUT2D eigenvalue weighted by Crippen LogP contribution is 2.42. The zero-order chi connectivity index (χ0) is 45.0. The topological polar surface area (TPSA) is 79.0 Å². The number of hydrogen-bond acceptors (Lipinski definition) is 5. The van der Waals surface area contributed by atoms with Gasteiger partial charge in [-0.05, 0) is 78.1 Å². The lowest BCUT2D eigenvalue weighted by molar-refractivity contribution is -0.143. The molecule has 0 aliphatic carbocycles. The molecule has 0 spiro atoms. The van der Waals surface area contributed by atoms with Crippen molar-refractivity contribution in [3.8, 4) is 0 Å². The van der Waals surface area contributed by atoms with Gasteiger partial charge in [0.25, 0.3) is 0 Å². The first-order valence-electron chi connectivity index (χ1n) is 22.4. The largest absolute Gasteiger partial charge is 0.466 e.